The monoisotopic (exact) mass is 536 g/mol. The highest BCUT2D eigenvalue weighted by Gasteiger charge is 2.24. The molecular weight excluding hydrogens is 507 g/mol. The molecule has 0 saturated heterocycles. The van der Waals surface area contributed by atoms with Gasteiger partial charge in [0.15, 0.2) is 5.78 Å². The standard InChI is InChI=1S/C29H29FN2O5S/c1-6-24(33)26-22-15-21(18-8-7-9-19(14-18)28(34)31-29(2,3)4)23(32-38(5,35)36)16-25(22)37-27(26)17-10-12-20(30)13-11-17/h7-16,32H,6H2,1-5H3,(H,31,34). The van der Waals surface area contributed by atoms with E-state index in [0.29, 0.717) is 33.2 Å². The lowest BCUT2D eigenvalue weighted by atomic mass is 9.95. The molecule has 0 saturated carbocycles. The largest absolute Gasteiger partial charge is 0.455 e. The summed E-state index contributed by atoms with van der Waals surface area (Å²) in [6.45, 7) is 7.36. The zero-order valence-corrected chi connectivity index (χ0v) is 22.6. The van der Waals surface area contributed by atoms with Gasteiger partial charge in [-0.2, -0.15) is 0 Å². The highest BCUT2D eigenvalue weighted by atomic mass is 32.2. The number of halogens is 1. The van der Waals surface area contributed by atoms with Crippen molar-refractivity contribution in [2.24, 2.45) is 0 Å². The number of benzene rings is 3. The molecular formula is C29H29FN2O5S. The van der Waals surface area contributed by atoms with Crippen LogP contribution in [0, 0.1) is 5.82 Å². The molecule has 7 nitrogen and oxygen atoms in total. The van der Waals surface area contributed by atoms with Crippen LogP contribution in [-0.4, -0.2) is 31.9 Å². The second-order valence-electron chi connectivity index (χ2n) is 10.1. The Morgan fingerprint density at radius 1 is 0.974 bits per heavy atom. The Morgan fingerprint density at radius 3 is 2.26 bits per heavy atom. The first kappa shape index (κ1) is 27.1. The minimum absolute atomic E-state index is 0.184. The van der Waals surface area contributed by atoms with Crippen molar-refractivity contribution in [3.05, 3.63) is 77.6 Å². The van der Waals surface area contributed by atoms with Gasteiger partial charge >= 0.3 is 0 Å². The zero-order valence-electron chi connectivity index (χ0n) is 21.8. The molecule has 1 amide bonds. The molecule has 0 atom stereocenters. The molecule has 0 aliphatic carbocycles. The molecule has 9 heteroatoms. The number of hydrogen-bond donors (Lipinski definition) is 2. The first-order chi connectivity index (χ1) is 17.8. The van der Waals surface area contributed by atoms with E-state index < -0.39 is 21.4 Å². The molecule has 0 fully saturated rings. The predicted molar refractivity (Wildman–Crippen MR) is 147 cm³/mol. The van der Waals surface area contributed by atoms with E-state index in [1.807, 2.05) is 20.8 Å². The Bertz CT molecular complexity index is 1650. The van der Waals surface area contributed by atoms with E-state index >= 15 is 0 Å². The van der Waals surface area contributed by atoms with Crippen molar-refractivity contribution in [3.8, 4) is 22.5 Å². The van der Waals surface area contributed by atoms with E-state index in [4.69, 9.17) is 4.42 Å². The average molecular weight is 537 g/mol. The fraction of sp³-hybridized carbons (Fsp3) is 0.241. The van der Waals surface area contributed by atoms with Crippen LogP contribution in [0.15, 0.2) is 65.1 Å². The van der Waals surface area contributed by atoms with E-state index in [1.54, 1.807) is 37.3 Å². The van der Waals surface area contributed by atoms with Crippen molar-refractivity contribution >= 4 is 38.4 Å². The van der Waals surface area contributed by atoms with Crippen LogP contribution in [0.25, 0.3) is 33.4 Å². The maximum Gasteiger partial charge on any atom is 0.251 e. The lowest BCUT2D eigenvalue weighted by Crippen LogP contribution is -2.40. The minimum atomic E-state index is -3.69. The molecule has 0 spiro atoms. The summed E-state index contributed by atoms with van der Waals surface area (Å²) in [6, 6.07) is 15.6. The molecule has 1 aromatic heterocycles. The van der Waals surface area contributed by atoms with Gasteiger partial charge in [0.05, 0.1) is 17.5 Å². The molecule has 198 valence electrons. The smallest absolute Gasteiger partial charge is 0.251 e. The number of nitrogens with one attached hydrogen (secondary N) is 2. The second kappa shape index (κ2) is 10.1. The summed E-state index contributed by atoms with van der Waals surface area (Å²) < 4.78 is 46.6. The molecule has 0 radical (unpaired) electrons. The van der Waals surface area contributed by atoms with Crippen molar-refractivity contribution in [1.82, 2.24) is 5.32 Å². The van der Waals surface area contributed by atoms with Gasteiger partial charge in [0.2, 0.25) is 10.0 Å². The lowest BCUT2D eigenvalue weighted by Gasteiger charge is -2.20. The SMILES string of the molecule is CCC(=O)c1c(-c2ccc(F)cc2)oc2cc(NS(C)(=O)=O)c(-c3cccc(C(=O)NC(C)(C)C)c3)cc12. The normalized spacial score (nSPS) is 11.9. The second-order valence-corrected chi connectivity index (χ2v) is 11.9. The van der Waals surface area contributed by atoms with E-state index in [2.05, 4.69) is 10.0 Å². The van der Waals surface area contributed by atoms with Gasteiger partial charge in [-0.3, -0.25) is 14.3 Å². The third kappa shape index (κ3) is 5.94. The van der Waals surface area contributed by atoms with Crippen LogP contribution >= 0.6 is 0 Å². The summed E-state index contributed by atoms with van der Waals surface area (Å²) >= 11 is 0. The first-order valence-electron chi connectivity index (χ1n) is 12.1. The summed E-state index contributed by atoms with van der Waals surface area (Å²) in [5.74, 6) is -0.615. The molecule has 0 unspecified atom stereocenters. The van der Waals surface area contributed by atoms with Crippen LogP contribution in [0.4, 0.5) is 10.1 Å². The molecule has 4 rings (SSSR count). The van der Waals surface area contributed by atoms with E-state index in [9.17, 15) is 22.4 Å². The molecule has 0 bridgehead atoms. The van der Waals surface area contributed by atoms with Crippen LogP contribution in [0.1, 0.15) is 54.8 Å². The van der Waals surface area contributed by atoms with Crippen molar-refractivity contribution in [2.45, 2.75) is 39.7 Å². The highest BCUT2D eigenvalue weighted by Crippen LogP contribution is 2.40. The maximum absolute atomic E-state index is 13.6. The average Bonchev–Trinajstić information content (AvgIpc) is 3.19. The quantitative estimate of drug-likeness (QED) is 0.266. The van der Waals surface area contributed by atoms with Crippen molar-refractivity contribution in [2.75, 3.05) is 11.0 Å². The molecule has 38 heavy (non-hydrogen) atoms. The summed E-state index contributed by atoms with van der Waals surface area (Å²) in [7, 11) is -3.69. The molecule has 4 aromatic rings. The molecule has 3 aromatic carbocycles. The fourth-order valence-electron chi connectivity index (χ4n) is 4.16. The van der Waals surface area contributed by atoms with Crippen LogP contribution in [0.5, 0.6) is 0 Å². The fourth-order valence-corrected chi connectivity index (χ4v) is 4.73. The summed E-state index contributed by atoms with van der Waals surface area (Å²) in [6.07, 6.45) is 1.23. The van der Waals surface area contributed by atoms with Gasteiger partial charge < -0.3 is 9.73 Å². The van der Waals surface area contributed by atoms with Gasteiger partial charge in [-0.1, -0.05) is 19.1 Å². The topological polar surface area (TPSA) is 105 Å². The van der Waals surface area contributed by atoms with E-state index in [-0.39, 0.29) is 35.1 Å². The van der Waals surface area contributed by atoms with Gasteiger partial charge in [-0.05, 0) is 68.8 Å². The van der Waals surface area contributed by atoms with Gasteiger partial charge in [0.1, 0.15) is 17.2 Å². The Kier molecular flexibility index (Phi) is 7.16. The predicted octanol–water partition coefficient (Wildman–Crippen LogP) is 6.40. The van der Waals surface area contributed by atoms with Gasteiger partial charge in [0.25, 0.3) is 5.91 Å². The van der Waals surface area contributed by atoms with Crippen LogP contribution < -0.4 is 10.0 Å². The van der Waals surface area contributed by atoms with Crippen molar-refractivity contribution in [3.63, 3.8) is 0 Å². The Morgan fingerprint density at radius 2 is 1.66 bits per heavy atom. The van der Waals surface area contributed by atoms with Crippen LogP contribution in [0.3, 0.4) is 0 Å². The van der Waals surface area contributed by atoms with E-state index in [1.165, 1.54) is 30.3 Å². The number of hydrogen-bond acceptors (Lipinski definition) is 5. The Labute approximate surface area is 221 Å². The van der Waals surface area contributed by atoms with Crippen molar-refractivity contribution in [1.29, 1.82) is 0 Å². The van der Waals surface area contributed by atoms with E-state index in [0.717, 1.165) is 6.26 Å². The number of ketones is 1. The highest BCUT2D eigenvalue weighted by molar-refractivity contribution is 7.92. The zero-order chi connectivity index (χ0) is 27.8. The van der Waals surface area contributed by atoms with Crippen LogP contribution in [0.2, 0.25) is 0 Å². The number of anilines is 1. The number of amides is 1. The lowest BCUT2D eigenvalue weighted by molar-refractivity contribution is 0.0918. The minimum Gasteiger partial charge on any atom is -0.455 e. The number of fused-ring (bicyclic) bond motifs is 1. The first-order valence-corrected chi connectivity index (χ1v) is 14.0. The molecule has 2 N–H and O–H groups in total. The van der Waals surface area contributed by atoms with Crippen LogP contribution in [-0.2, 0) is 10.0 Å². The summed E-state index contributed by atoms with van der Waals surface area (Å²) in [4.78, 5) is 25.9. The van der Waals surface area contributed by atoms with Gasteiger partial charge in [-0.15, -0.1) is 0 Å². The summed E-state index contributed by atoms with van der Waals surface area (Å²) in [5.41, 5.74) is 2.33. The van der Waals surface area contributed by atoms with Gasteiger partial charge in [0, 0.05) is 40.1 Å². The maximum atomic E-state index is 13.6. The van der Waals surface area contributed by atoms with Crippen molar-refractivity contribution < 1.29 is 26.8 Å². The summed E-state index contributed by atoms with van der Waals surface area (Å²) in [5, 5.41) is 3.40. The number of Topliss-reactive ketones (excluding diaryl/α,β-unsaturated/α-hetero) is 1. The Hall–Kier alpha value is -3.98. The Balaban J connectivity index is 1.97. The number of carbonyl (C=O) groups is 2. The number of carbonyl (C=O) groups excluding carboxylic acids is 2. The molecule has 0 aliphatic heterocycles. The molecule has 0 aliphatic rings. The third-order valence-electron chi connectivity index (χ3n) is 5.75. The number of furan rings is 1. The third-order valence-corrected chi connectivity index (χ3v) is 6.34. The number of sulfonamides is 1. The molecule has 1 heterocycles. The van der Waals surface area contributed by atoms with Gasteiger partial charge in [-0.25, -0.2) is 12.8 Å². The number of rotatable bonds is 7.